The predicted octanol–water partition coefficient (Wildman–Crippen LogP) is 2.13. The molecule has 0 saturated carbocycles. The first-order valence-electron chi connectivity index (χ1n) is 9.28. The Morgan fingerprint density at radius 3 is 2.79 bits per heavy atom. The molecule has 8 nitrogen and oxygen atoms in total. The van der Waals surface area contributed by atoms with Gasteiger partial charge in [-0.25, -0.2) is 0 Å². The summed E-state index contributed by atoms with van der Waals surface area (Å²) in [6, 6.07) is 4.11. The van der Waals surface area contributed by atoms with Crippen LogP contribution in [0.3, 0.4) is 0 Å². The minimum Gasteiger partial charge on any atom is -0.490 e. The number of hydrogen-bond acceptors (Lipinski definition) is 7. The molecule has 1 aromatic carbocycles. The largest absolute Gasteiger partial charge is 0.490 e. The normalized spacial score (nSPS) is 31.0. The number of aliphatic hydroxyl groups excluding tert-OH is 1. The topological polar surface area (TPSA) is 95.5 Å². The van der Waals surface area contributed by atoms with Gasteiger partial charge in [-0.3, -0.25) is 4.79 Å². The van der Waals surface area contributed by atoms with Crippen LogP contribution in [0.2, 0.25) is 10.0 Å². The Labute approximate surface area is 179 Å². The lowest BCUT2D eigenvalue weighted by atomic mass is 9.95. The SMILES string of the molecule is CC(=O)N[C@H]1[C@@H](OCCOc2ccc(Cl)cc2Cl)O[C@@H]2COC(C)(C)O[C@H]2[C@@H]1O. The van der Waals surface area contributed by atoms with Crippen molar-refractivity contribution < 1.29 is 33.6 Å². The van der Waals surface area contributed by atoms with E-state index in [9.17, 15) is 9.90 Å². The van der Waals surface area contributed by atoms with Crippen LogP contribution in [0, 0.1) is 0 Å². The molecule has 0 spiro atoms. The summed E-state index contributed by atoms with van der Waals surface area (Å²) in [5, 5.41) is 14.4. The van der Waals surface area contributed by atoms with E-state index in [-0.39, 0.29) is 25.7 Å². The van der Waals surface area contributed by atoms with Crippen LogP contribution in [0.4, 0.5) is 0 Å². The number of fused-ring (bicyclic) bond motifs is 1. The molecule has 2 aliphatic rings. The molecule has 162 valence electrons. The van der Waals surface area contributed by atoms with E-state index in [0.717, 1.165) is 0 Å². The second kappa shape index (κ2) is 9.34. The summed E-state index contributed by atoms with van der Waals surface area (Å²) >= 11 is 11.9. The molecule has 3 rings (SSSR count). The number of benzene rings is 1. The van der Waals surface area contributed by atoms with Gasteiger partial charge in [0.05, 0.1) is 18.2 Å². The van der Waals surface area contributed by atoms with Gasteiger partial charge in [-0.2, -0.15) is 0 Å². The van der Waals surface area contributed by atoms with Crippen LogP contribution in [0.5, 0.6) is 5.75 Å². The molecule has 5 atom stereocenters. The first-order valence-corrected chi connectivity index (χ1v) is 10.0. The molecule has 2 heterocycles. The molecule has 0 radical (unpaired) electrons. The number of rotatable bonds is 6. The van der Waals surface area contributed by atoms with Gasteiger partial charge in [-0.05, 0) is 32.0 Å². The summed E-state index contributed by atoms with van der Waals surface area (Å²) < 4.78 is 28.7. The highest BCUT2D eigenvalue weighted by atomic mass is 35.5. The van der Waals surface area contributed by atoms with Crippen LogP contribution in [0.15, 0.2) is 18.2 Å². The van der Waals surface area contributed by atoms with Crippen LogP contribution >= 0.6 is 23.2 Å². The van der Waals surface area contributed by atoms with E-state index in [1.807, 2.05) is 0 Å². The van der Waals surface area contributed by atoms with Crippen LogP contribution in [0.25, 0.3) is 0 Å². The summed E-state index contributed by atoms with van der Waals surface area (Å²) in [5.41, 5.74) is 0. The van der Waals surface area contributed by atoms with Crippen molar-refractivity contribution in [2.75, 3.05) is 19.8 Å². The van der Waals surface area contributed by atoms with Gasteiger partial charge in [-0.1, -0.05) is 23.2 Å². The average molecular weight is 450 g/mol. The van der Waals surface area contributed by atoms with Gasteiger partial charge in [0.15, 0.2) is 12.1 Å². The van der Waals surface area contributed by atoms with Crippen LogP contribution in [-0.4, -0.2) is 67.3 Å². The smallest absolute Gasteiger partial charge is 0.217 e. The van der Waals surface area contributed by atoms with E-state index in [0.29, 0.717) is 15.8 Å². The van der Waals surface area contributed by atoms with E-state index in [4.69, 9.17) is 46.9 Å². The average Bonchev–Trinajstić information content (AvgIpc) is 2.63. The van der Waals surface area contributed by atoms with Crippen LogP contribution < -0.4 is 10.1 Å². The Bertz CT molecular complexity index is 733. The van der Waals surface area contributed by atoms with Gasteiger partial charge < -0.3 is 34.1 Å². The molecule has 2 N–H and O–H groups in total. The fraction of sp³-hybridized carbons (Fsp3) is 0.632. The van der Waals surface area contributed by atoms with E-state index in [1.165, 1.54) is 6.92 Å². The predicted molar refractivity (Wildman–Crippen MR) is 105 cm³/mol. The second-order valence-electron chi connectivity index (χ2n) is 7.35. The molecule has 2 aliphatic heterocycles. The van der Waals surface area contributed by atoms with Crippen molar-refractivity contribution in [1.82, 2.24) is 5.32 Å². The zero-order valence-corrected chi connectivity index (χ0v) is 17.9. The Morgan fingerprint density at radius 1 is 1.34 bits per heavy atom. The van der Waals surface area contributed by atoms with Crippen molar-refractivity contribution in [2.24, 2.45) is 0 Å². The van der Waals surface area contributed by atoms with E-state index in [1.54, 1.807) is 32.0 Å². The van der Waals surface area contributed by atoms with Crippen molar-refractivity contribution in [1.29, 1.82) is 0 Å². The van der Waals surface area contributed by atoms with Crippen molar-refractivity contribution in [3.63, 3.8) is 0 Å². The standard InChI is InChI=1S/C19H25Cl2NO7/c1-10(23)22-15-16(24)17-14(9-27-19(2,3)29-17)28-18(15)26-7-6-25-13-5-4-11(20)8-12(13)21/h4-5,8,14-18,24H,6-7,9H2,1-3H3,(H,22,23)/t14-,15-,16-,17-,18+/m1/s1. The molecule has 0 aromatic heterocycles. The molecule has 29 heavy (non-hydrogen) atoms. The molecule has 1 amide bonds. The van der Waals surface area contributed by atoms with Gasteiger partial charge >= 0.3 is 0 Å². The van der Waals surface area contributed by atoms with Crippen molar-refractivity contribution in [3.05, 3.63) is 28.2 Å². The monoisotopic (exact) mass is 449 g/mol. The highest BCUT2D eigenvalue weighted by molar-refractivity contribution is 6.35. The molecule has 0 unspecified atom stereocenters. The fourth-order valence-electron chi connectivity index (χ4n) is 3.28. The Hall–Kier alpha value is -1.13. The highest BCUT2D eigenvalue weighted by Crippen LogP contribution is 2.33. The maximum atomic E-state index is 11.6. The summed E-state index contributed by atoms with van der Waals surface area (Å²) in [4.78, 5) is 11.6. The first-order chi connectivity index (χ1) is 13.7. The number of nitrogens with one attached hydrogen (secondary N) is 1. The number of halogens is 2. The Morgan fingerprint density at radius 2 is 2.10 bits per heavy atom. The van der Waals surface area contributed by atoms with E-state index < -0.39 is 36.4 Å². The Kier molecular flexibility index (Phi) is 7.27. The summed E-state index contributed by atoms with van der Waals surface area (Å²) in [7, 11) is 0. The molecule has 10 heteroatoms. The van der Waals surface area contributed by atoms with Crippen LogP contribution in [-0.2, 0) is 23.7 Å². The number of amides is 1. The van der Waals surface area contributed by atoms with E-state index >= 15 is 0 Å². The second-order valence-corrected chi connectivity index (χ2v) is 8.19. The number of carbonyl (C=O) groups is 1. The Balaban J connectivity index is 1.59. The molecule has 1 aromatic rings. The summed E-state index contributed by atoms with van der Waals surface area (Å²) in [6.45, 7) is 5.42. The lowest BCUT2D eigenvalue weighted by Gasteiger charge is -2.49. The molecule has 0 bridgehead atoms. The van der Waals surface area contributed by atoms with Crippen LogP contribution in [0.1, 0.15) is 20.8 Å². The molecule has 2 fully saturated rings. The maximum Gasteiger partial charge on any atom is 0.217 e. The lowest BCUT2D eigenvalue weighted by Crippen LogP contribution is -2.68. The third-order valence-electron chi connectivity index (χ3n) is 4.58. The first kappa shape index (κ1) is 22.6. The minimum absolute atomic E-state index is 0.136. The molecule has 0 aliphatic carbocycles. The number of ether oxygens (including phenoxy) is 5. The third kappa shape index (κ3) is 5.73. The number of carbonyl (C=O) groups excluding carboxylic acids is 1. The van der Waals surface area contributed by atoms with Crippen molar-refractivity contribution >= 4 is 29.1 Å². The highest BCUT2D eigenvalue weighted by Gasteiger charge is 2.51. The third-order valence-corrected chi connectivity index (χ3v) is 5.11. The van der Waals surface area contributed by atoms with Crippen molar-refractivity contribution in [3.8, 4) is 5.75 Å². The zero-order chi connectivity index (χ0) is 21.2. The zero-order valence-electron chi connectivity index (χ0n) is 16.4. The quantitative estimate of drug-likeness (QED) is 0.642. The minimum atomic E-state index is -1.03. The molecular formula is C19H25Cl2NO7. The summed E-state index contributed by atoms with van der Waals surface area (Å²) in [6.07, 6.45) is -3.11. The van der Waals surface area contributed by atoms with Gasteiger partial charge in [0.25, 0.3) is 0 Å². The van der Waals surface area contributed by atoms with Crippen molar-refractivity contribution in [2.45, 2.75) is 57.2 Å². The molecule has 2 saturated heterocycles. The van der Waals surface area contributed by atoms with Gasteiger partial charge in [0.2, 0.25) is 5.91 Å². The fourth-order valence-corrected chi connectivity index (χ4v) is 3.75. The number of hydrogen-bond donors (Lipinski definition) is 2. The van der Waals surface area contributed by atoms with Gasteiger partial charge in [-0.15, -0.1) is 0 Å². The van der Waals surface area contributed by atoms with Gasteiger partial charge in [0, 0.05) is 11.9 Å². The number of aliphatic hydroxyl groups is 1. The van der Waals surface area contributed by atoms with Gasteiger partial charge in [0.1, 0.15) is 36.7 Å². The lowest BCUT2D eigenvalue weighted by molar-refractivity contribution is -0.369. The maximum absolute atomic E-state index is 11.6. The van der Waals surface area contributed by atoms with E-state index in [2.05, 4.69) is 5.32 Å². The molecular weight excluding hydrogens is 425 g/mol. The summed E-state index contributed by atoms with van der Waals surface area (Å²) in [5.74, 6) is -0.703.